The summed E-state index contributed by atoms with van der Waals surface area (Å²) >= 11 is 6.04. The van der Waals surface area contributed by atoms with Crippen molar-refractivity contribution in [3.63, 3.8) is 0 Å². The SMILES string of the molecule is Cc1ccccc1CCC(=O)NC1(CCl)CCCC1. The molecule has 0 saturated heterocycles. The number of halogens is 1. The van der Waals surface area contributed by atoms with Crippen molar-refractivity contribution < 1.29 is 4.79 Å². The lowest BCUT2D eigenvalue weighted by Crippen LogP contribution is -2.47. The Morgan fingerprint density at radius 1 is 1.32 bits per heavy atom. The molecule has 0 unspecified atom stereocenters. The van der Waals surface area contributed by atoms with Crippen LogP contribution in [0.5, 0.6) is 0 Å². The minimum Gasteiger partial charge on any atom is -0.349 e. The number of hydrogen-bond acceptors (Lipinski definition) is 1. The fourth-order valence-electron chi connectivity index (χ4n) is 2.84. The maximum atomic E-state index is 12.1. The van der Waals surface area contributed by atoms with Crippen LogP contribution in [0.15, 0.2) is 24.3 Å². The minimum absolute atomic E-state index is 0.130. The van der Waals surface area contributed by atoms with Gasteiger partial charge in [0.15, 0.2) is 0 Å². The normalized spacial score (nSPS) is 17.4. The highest BCUT2D eigenvalue weighted by molar-refractivity contribution is 6.18. The molecule has 0 spiro atoms. The maximum Gasteiger partial charge on any atom is 0.220 e. The van der Waals surface area contributed by atoms with E-state index in [9.17, 15) is 4.79 Å². The summed E-state index contributed by atoms with van der Waals surface area (Å²) < 4.78 is 0. The van der Waals surface area contributed by atoms with Crippen LogP contribution in [0, 0.1) is 6.92 Å². The zero-order chi connectivity index (χ0) is 13.7. The maximum absolute atomic E-state index is 12.1. The molecule has 1 aliphatic rings. The van der Waals surface area contributed by atoms with Gasteiger partial charge < -0.3 is 5.32 Å². The average Bonchev–Trinajstić information content (AvgIpc) is 2.87. The molecule has 1 aromatic carbocycles. The summed E-state index contributed by atoms with van der Waals surface area (Å²) in [6.45, 7) is 2.09. The fraction of sp³-hybridized carbons (Fsp3) is 0.562. The average molecular weight is 280 g/mol. The number of carbonyl (C=O) groups is 1. The second-order valence-corrected chi connectivity index (χ2v) is 5.86. The zero-order valence-electron chi connectivity index (χ0n) is 11.5. The van der Waals surface area contributed by atoms with Gasteiger partial charge in [-0.2, -0.15) is 0 Å². The lowest BCUT2D eigenvalue weighted by atomic mass is 9.99. The van der Waals surface area contributed by atoms with Crippen LogP contribution < -0.4 is 5.32 Å². The van der Waals surface area contributed by atoms with E-state index >= 15 is 0 Å². The molecule has 0 aliphatic heterocycles. The monoisotopic (exact) mass is 279 g/mol. The molecule has 0 bridgehead atoms. The second-order valence-electron chi connectivity index (χ2n) is 5.60. The predicted octanol–water partition coefficient (Wildman–Crippen LogP) is 3.60. The van der Waals surface area contributed by atoms with Gasteiger partial charge in [0.2, 0.25) is 5.91 Å². The lowest BCUT2D eigenvalue weighted by Gasteiger charge is -2.27. The third kappa shape index (κ3) is 3.73. The van der Waals surface area contributed by atoms with Gasteiger partial charge in [0.25, 0.3) is 0 Å². The Hall–Kier alpha value is -1.02. The van der Waals surface area contributed by atoms with Gasteiger partial charge in [-0.1, -0.05) is 37.1 Å². The van der Waals surface area contributed by atoms with Gasteiger partial charge in [-0.05, 0) is 37.3 Å². The predicted molar refractivity (Wildman–Crippen MR) is 79.6 cm³/mol. The van der Waals surface area contributed by atoms with Crippen molar-refractivity contribution in [2.75, 3.05) is 5.88 Å². The molecule has 0 aromatic heterocycles. The highest BCUT2D eigenvalue weighted by Gasteiger charge is 2.34. The summed E-state index contributed by atoms with van der Waals surface area (Å²) in [5.41, 5.74) is 2.37. The molecule has 19 heavy (non-hydrogen) atoms. The molecule has 1 N–H and O–H groups in total. The van der Waals surface area contributed by atoms with Crippen molar-refractivity contribution in [3.8, 4) is 0 Å². The number of carbonyl (C=O) groups excluding carboxylic acids is 1. The summed E-state index contributed by atoms with van der Waals surface area (Å²) in [7, 11) is 0. The molecule has 1 fully saturated rings. The summed E-state index contributed by atoms with van der Waals surface area (Å²) in [6, 6.07) is 8.23. The standard InChI is InChI=1S/C16H22ClNO/c1-13-6-2-3-7-14(13)8-9-15(19)18-16(12-17)10-4-5-11-16/h2-3,6-7H,4-5,8-12H2,1H3,(H,18,19). The Morgan fingerprint density at radius 2 is 2.00 bits per heavy atom. The van der Waals surface area contributed by atoms with Gasteiger partial charge in [-0.25, -0.2) is 0 Å². The Bertz CT molecular complexity index is 438. The molecule has 1 aromatic rings. The number of amides is 1. The quantitative estimate of drug-likeness (QED) is 0.820. The number of benzene rings is 1. The molecular weight excluding hydrogens is 258 g/mol. The van der Waals surface area contributed by atoms with Gasteiger partial charge in [-0.15, -0.1) is 11.6 Å². The van der Waals surface area contributed by atoms with E-state index < -0.39 is 0 Å². The minimum atomic E-state index is -0.135. The third-order valence-electron chi connectivity index (χ3n) is 4.10. The van der Waals surface area contributed by atoms with Gasteiger partial charge in [0.05, 0.1) is 5.54 Å². The molecule has 1 amide bonds. The Kier molecular flexibility index (Phi) is 4.87. The number of aryl methyl sites for hydroxylation is 2. The molecule has 0 heterocycles. The van der Waals surface area contributed by atoms with Crippen LogP contribution in [0.25, 0.3) is 0 Å². The summed E-state index contributed by atoms with van der Waals surface area (Å²) in [4.78, 5) is 12.1. The van der Waals surface area contributed by atoms with Crippen molar-refractivity contribution >= 4 is 17.5 Å². The van der Waals surface area contributed by atoms with Crippen molar-refractivity contribution in [2.45, 2.75) is 51.0 Å². The number of rotatable bonds is 5. The topological polar surface area (TPSA) is 29.1 Å². The van der Waals surface area contributed by atoms with Crippen molar-refractivity contribution in [3.05, 3.63) is 35.4 Å². The highest BCUT2D eigenvalue weighted by atomic mass is 35.5. The van der Waals surface area contributed by atoms with Crippen molar-refractivity contribution in [1.82, 2.24) is 5.32 Å². The van der Waals surface area contributed by atoms with E-state index in [1.54, 1.807) is 0 Å². The number of nitrogens with one attached hydrogen (secondary N) is 1. The van der Waals surface area contributed by atoms with Gasteiger partial charge >= 0.3 is 0 Å². The van der Waals surface area contributed by atoms with Crippen molar-refractivity contribution in [2.24, 2.45) is 0 Å². The first-order valence-electron chi connectivity index (χ1n) is 7.07. The van der Waals surface area contributed by atoms with Crippen LogP contribution in [0.1, 0.15) is 43.2 Å². The van der Waals surface area contributed by atoms with Crippen LogP contribution >= 0.6 is 11.6 Å². The third-order valence-corrected chi connectivity index (χ3v) is 4.62. The molecule has 1 aliphatic carbocycles. The lowest BCUT2D eigenvalue weighted by molar-refractivity contribution is -0.122. The second kappa shape index (κ2) is 6.42. The molecule has 0 atom stereocenters. The van der Waals surface area contributed by atoms with Gasteiger partial charge in [-0.3, -0.25) is 4.79 Å². The van der Waals surface area contributed by atoms with E-state index in [4.69, 9.17) is 11.6 Å². The van der Waals surface area contributed by atoms with E-state index in [1.165, 1.54) is 24.0 Å². The van der Waals surface area contributed by atoms with Gasteiger partial charge in [0.1, 0.15) is 0 Å². The van der Waals surface area contributed by atoms with E-state index in [1.807, 2.05) is 12.1 Å². The Labute approximate surface area is 120 Å². The van der Waals surface area contributed by atoms with Gasteiger partial charge in [0, 0.05) is 12.3 Å². The van der Waals surface area contributed by atoms with Crippen LogP contribution in [-0.4, -0.2) is 17.3 Å². The van der Waals surface area contributed by atoms with E-state index in [-0.39, 0.29) is 11.4 Å². The molecular formula is C16H22ClNO. The smallest absolute Gasteiger partial charge is 0.220 e. The van der Waals surface area contributed by atoms with E-state index in [2.05, 4.69) is 24.4 Å². The first-order valence-corrected chi connectivity index (χ1v) is 7.60. The molecule has 104 valence electrons. The van der Waals surface area contributed by atoms with E-state index in [0.29, 0.717) is 12.3 Å². The highest BCUT2D eigenvalue weighted by Crippen LogP contribution is 2.30. The van der Waals surface area contributed by atoms with Crippen LogP contribution in [-0.2, 0) is 11.2 Å². The molecule has 2 rings (SSSR count). The molecule has 2 nitrogen and oxygen atoms in total. The van der Waals surface area contributed by atoms with Crippen LogP contribution in [0.3, 0.4) is 0 Å². The zero-order valence-corrected chi connectivity index (χ0v) is 12.3. The molecule has 1 saturated carbocycles. The fourth-order valence-corrected chi connectivity index (χ4v) is 3.17. The van der Waals surface area contributed by atoms with Crippen LogP contribution in [0.4, 0.5) is 0 Å². The number of hydrogen-bond donors (Lipinski definition) is 1. The largest absolute Gasteiger partial charge is 0.349 e. The summed E-state index contributed by atoms with van der Waals surface area (Å²) in [6.07, 6.45) is 5.73. The Balaban J connectivity index is 1.86. The molecule has 3 heteroatoms. The van der Waals surface area contributed by atoms with Crippen LogP contribution in [0.2, 0.25) is 0 Å². The summed E-state index contributed by atoms with van der Waals surface area (Å²) in [5.74, 6) is 0.661. The number of alkyl halides is 1. The van der Waals surface area contributed by atoms with Crippen molar-refractivity contribution in [1.29, 1.82) is 0 Å². The first kappa shape index (κ1) is 14.4. The Morgan fingerprint density at radius 3 is 2.63 bits per heavy atom. The summed E-state index contributed by atoms with van der Waals surface area (Å²) in [5, 5.41) is 3.16. The van der Waals surface area contributed by atoms with E-state index in [0.717, 1.165) is 19.3 Å². The molecule has 0 radical (unpaired) electrons. The first-order chi connectivity index (χ1) is 9.15.